The van der Waals surface area contributed by atoms with Crippen molar-refractivity contribution in [3.63, 3.8) is 0 Å². The maximum atomic E-state index is 14.1. The summed E-state index contributed by atoms with van der Waals surface area (Å²) in [5.41, 5.74) is 0.614. The maximum Gasteiger partial charge on any atom is 0.150 e. The molecule has 0 radical (unpaired) electrons. The van der Waals surface area contributed by atoms with E-state index in [-0.39, 0.29) is 29.3 Å². The summed E-state index contributed by atoms with van der Waals surface area (Å²) in [7, 11) is -2.84. The molecule has 1 aromatic carbocycles. The Morgan fingerprint density at radius 3 is 2.50 bits per heavy atom. The zero-order valence-electron chi connectivity index (χ0n) is 13.0. The van der Waals surface area contributed by atoms with Crippen LogP contribution in [0, 0.1) is 17.7 Å². The van der Waals surface area contributed by atoms with Crippen LogP contribution < -0.4 is 5.32 Å². The van der Waals surface area contributed by atoms with Crippen molar-refractivity contribution < 1.29 is 12.8 Å². The number of sulfone groups is 1. The fourth-order valence-corrected chi connectivity index (χ4v) is 4.64. The smallest absolute Gasteiger partial charge is 0.150 e. The summed E-state index contributed by atoms with van der Waals surface area (Å²) in [4.78, 5) is 0. The molecule has 1 aliphatic rings. The molecule has 3 nitrogen and oxygen atoms in total. The van der Waals surface area contributed by atoms with Crippen LogP contribution in [0.1, 0.15) is 38.3 Å². The van der Waals surface area contributed by atoms with Crippen LogP contribution in [0.25, 0.3) is 0 Å². The molecular formula is C16H23ClFNO2S. The third kappa shape index (κ3) is 4.67. The molecule has 0 aliphatic carbocycles. The van der Waals surface area contributed by atoms with Crippen molar-refractivity contribution in [1.29, 1.82) is 0 Å². The van der Waals surface area contributed by atoms with Gasteiger partial charge in [-0.1, -0.05) is 31.5 Å². The van der Waals surface area contributed by atoms with E-state index in [2.05, 4.69) is 5.32 Å². The minimum Gasteiger partial charge on any atom is -0.309 e. The first-order valence-corrected chi connectivity index (χ1v) is 9.87. The van der Waals surface area contributed by atoms with Gasteiger partial charge in [-0.25, -0.2) is 12.8 Å². The molecule has 0 bridgehead atoms. The zero-order valence-corrected chi connectivity index (χ0v) is 14.6. The van der Waals surface area contributed by atoms with Gasteiger partial charge in [-0.2, -0.15) is 0 Å². The molecule has 1 N–H and O–H groups in total. The number of halogens is 2. The second-order valence-corrected chi connectivity index (χ2v) is 9.13. The van der Waals surface area contributed by atoms with Gasteiger partial charge in [0.2, 0.25) is 0 Å². The highest BCUT2D eigenvalue weighted by atomic mass is 35.5. The third-order valence-corrected chi connectivity index (χ3v) is 6.22. The summed E-state index contributed by atoms with van der Waals surface area (Å²) >= 11 is 5.81. The lowest BCUT2D eigenvalue weighted by Gasteiger charge is -2.28. The van der Waals surface area contributed by atoms with Crippen LogP contribution in [0.5, 0.6) is 0 Å². The predicted molar refractivity (Wildman–Crippen MR) is 88.4 cm³/mol. The monoisotopic (exact) mass is 347 g/mol. The van der Waals surface area contributed by atoms with Crippen LogP contribution in [0.3, 0.4) is 0 Å². The van der Waals surface area contributed by atoms with Gasteiger partial charge in [0.25, 0.3) is 0 Å². The molecule has 2 rings (SSSR count). The van der Waals surface area contributed by atoms with Crippen LogP contribution in [0.4, 0.5) is 4.39 Å². The molecule has 1 fully saturated rings. The van der Waals surface area contributed by atoms with E-state index in [1.807, 2.05) is 13.8 Å². The van der Waals surface area contributed by atoms with Crippen molar-refractivity contribution in [3.05, 3.63) is 34.6 Å². The molecule has 6 heteroatoms. The van der Waals surface area contributed by atoms with Gasteiger partial charge in [0.05, 0.1) is 11.5 Å². The topological polar surface area (TPSA) is 46.2 Å². The van der Waals surface area contributed by atoms with Crippen LogP contribution >= 0.6 is 11.6 Å². The van der Waals surface area contributed by atoms with Crippen molar-refractivity contribution in [2.75, 3.05) is 18.1 Å². The highest BCUT2D eigenvalue weighted by Gasteiger charge is 2.25. The van der Waals surface area contributed by atoms with Gasteiger partial charge in [-0.3, -0.25) is 0 Å². The Balaban J connectivity index is 2.01. The summed E-state index contributed by atoms with van der Waals surface area (Å²) in [5.74, 6) is 0.787. The van der Waals surface area contributed by atoms with Crippen LogP contribution in [0.15, 0.2) is 18.2 Å². The Labute approximate surface area is 137 Å². The Morgan fingerprint density at radius 1 is 1.32 bits per heavy atom. The maximum absolute atomic E-state index is 14.1. The van der Waals surface area contributed by atoms with E-state index in [0.29, 0.717) is 35.9 Å². The van der Waals surface area contributed by atoms with E-state index in [1.54, 1.807) is 12.1 Å². The third-order valence-electron chi connectivity index (χ3n) is 4.26. The van der Waals surface area contributed by atoms with Gasteiger partial charge >= 0.3 is 0 Å². The molecule has 22 heavy (non-hydrogen) atoms. The first-order chi connectivity index (χ1) is 10.3. The van der Waals surface area contributed by atoms with E-state index in [0.717, 1.165) is 0 Å². The first-order valence-electron chi connectivity index (χ1n) is 7.67. The summed E-state index contributed by atoms with van der Waals surface area (Å²) in [5, 5.41) is 3.80. The van der Waals surface area contributed by atoms with Crippen molar-refractivity contribution in [2.45, 2.75) is 32.7 Å². The van der Waals surface area contributed by atoms with Crippen molar-refractivity contribution >= 4 is 21.4 Å². The molecule has 0 aromatic heterocycles. The summed E-state index contributed by atoms with van der Waals surface area (Å²) in [6.45, 7) is 4.79. The highest BCUT2D eigenvalue weighted by molar-refractivity contribution is 7.91. The lowest BCUT2D eigenvalue weighted by Crippen LogP contribution is -2.35. The Hall–Kier alpha value is -0.650. The zero-order chi connectivity index (χ0) is 16.3. The van der Waals surface area contributed by atoms with E-state index in [9.17, 15) is 12.8 Å². The Bertz CT molecular complexity index is 605. The van der Waals surface area contributed by atoms with Gasteiger partial charge in [-0.05, 0) is 43.4 Å². The second kappa shape index (κ2) is 7.28. The number of hydrogen-bond acceptors (Lipinski definition) is 3. The molecule has 0 saturated carbocycles. The van der Waals surface area contributed by atoms with Gasteiger partial charge in [0.15, 0.2) is 0 Å². The van der Waals surface area contributed by atoms with Gasteiger partial charge in [0, 0.05) is 16.6 Å². The fourth-order valence-electron chi connectivity index (χ4n) is 2.90. The molecule has 1 saturated heterocycles. The average Bonchev–Trinajstić information content (AvgIpc) is 2.42. The van der Waals surface area contributed by atoms with Crippen molar-refractivity contribution in [1.82, 2.24) is 5.32 Å². The molecule has 1 heterocycles. The van der Waals surface area contributed by atoms with Crippen LogP contribution in [-0.2, 0) is 9.84 Å². The van der Waals surface area contributed by atoms with Crippen molar-refractivity contribution in [2.24, 2.45) is 11.8 Å². The number of rotatable bonds is 5. The van der Waals surface area contributed by atoms with Crippen LogP contribution in [-0.4, -0.2) is 26.5 Å². The van der Waals surface area contributed by atoms with Crippen LogP contribution in [0.2, 0.25) is 5.02 Å². The van der Waals surface area contributed by atoms with E-state index < -0.39 is 9.84 Å². The van der Waals surface area contributed by atoms with E-state index in [4.69, 9.17) is 11.6 Å². The predicted octanol–water partition coefficient (Wildman–Crippen LogP) is 3.59. The lowest BCUT2D eigenvalue weighted by atomic mass is 9.94. The average molecular weight is 348 g/mol. The number of hydrogen-bond donors (Lipinski definition) is 1. The molecule has 1 unspecified atom stereocenters. The molecule has 1 atom stereocenters. The van der Waals surface area contributed by atoms with Gasteiger partial charge in [0.1, 0.15) is 15.7 Å². The summed E-state index contributed by atoms with van der Waals surface area (Å²) in [6, 6.07) is 4.65. The summed E-state index contributed by atoms with van der Waals surface area (Å²) < 4.78 is 37.0. The normalized spacial score (nSPS) is 20.2. The van der Waals surface area contributed by atoms with E-state index in [1.165, 1.54) is 6.07 Å². The summed E-state index contributed by atoms with van der Waals surface area (Å²) in [6.07, 6.45) is 1.37. The SMILES string of the molecule is CC(C)C(NCC1CCS(=O)(=O)CC1)c1ccc(Cl)cc1F. The minimum absolute atomic E-state index is 0.101. The fraction of sp³-hybridized carbons (Fsp3) is 0.625. The molecule has 0 spiro atoms. The minimum atomic E-state index is -2.84. The van der Waals surface area contributed by atoms with Gasteiger partial charge < -0.3 is 5.32 Å². The number of benzene rings is 1. The molecule has 124 valence electrons. The molecule has 0 amide bonds. The lowest BCUT2D eigenvalue weighted by molar-refractivity contribution is 0.347. The van der Waals surface area contributed by atoms with E-state index >= 15 is 0 Å². The highest BCUT2D eigenvalue weighted by Crippen LogP contribution is 2.27. The Morgan fingerprint density at radius 2 is 1.95 bits per heavy atom. The second-order valence-electron chi connectivity index (χ2n) is 6.39. The standard InChI is InChI=1S/C16H23ClFNO2S/c1-11(2)16(14-4-3-13(17)9-15(14)18)19-10-12-5-7-22(20,21)8-6-12/h3-4,9,11-12,16,19H,5-8,10H2,1-2H3. The van der Waals surface area contributed by atoms with Gasteiger partial charge in [-0.15, -0.1) is 0 Å². The molecule has 1 aliphatic heterocycles. The number of nitrogens with one attached hydrogen (secondary N) is 1. The Kier molecular flexibility index (Phi) is 5.86. The first kappa shape index (κ1) is 17.7. The quantitative estimate of drug-likeness (QED) is 0.885. The van der Waals surface area contributed by atoms with Crippen molar-refractivity contribution in [3.8, 4) is 0 Å². The molecular weight excluding hydrogens is 325 g/mol. The largest absolute Gasteiger partial charge is 0.309 e. The molecule has 1 aromatic rings.